The normalized spacial score (nSPS) is 13.7. The number of carboxylic acid groups (broad SMARTS) is 1. The Hall–Kier alpha value is -4.52. The van der Waals surface area contributed by atoms with Crippen molar-refractivity contribution in [3.63, 3.8) is 0 Å². The number of aliphatic carboxylic acids is 1. The van der Waals surface area contributed by atoms with Crippen LogP contribution in [0.4, 0.5) is 0 Å². The molecule has 0 unspecified atom stereocenters. The molecular weight excluding hydrogens is 436 g/mol. The molecule has 0 aliphatic carbocycles. The van der Waals surface area contributed by atoms with Crippen molar-refractivity contribution in [1.82, 2.24) is 0 Å². The zero-order valence-electron chi connectivity index (χ0n) is 18.5. The summed E-state index contributed by atoms with van der Waals surface area (Å²) in [7, 11) is 3.15. The summed E-state index contributed by atoms with van der Waals surface area (Å²) in [6, 6.07) is 17.7. The van der Waals surface area contributed by atoms with Crippen molar-refractivity contribution in [3.8, 4) is 28.6 Å². The Kier molecular flexibility index (Phi) is 5.30. The SMILES string of the molecule is COc1ccc(C=C2Oc3c(ccc4oc(-c5ccc(OC)cc5)c(CC(=O)O)c34)C2=O)cc1. The Morgan fingerprint density at radius 2 is 1.59 bits per heavy atom. The molecule has 0 amide bonds. The second kappa shape index (κ2) is 8.44. The van der Waals surface area contributed by atoms with E-state index in [0.717, 1.165) is 5.56 Å². The third-order valence-electron chi connectivity index (χ3n) is 5.68. The Balaban J connectivity index is 1.63. The van der Waals surface area contributed by atoms with Crippen molar-refractivity contribution in [2.45, 2.75) is 6.42 Å². The number of fused-ring (bicyclic) bond motifs is 3. The van der Waals surface area contributed by atoms with Crippen LogP contribution in [0.15, 0.2) is 70.8 Å². The molecule has 7 heteroatoms. The second-order valence-electron chi connectivity index (χ2n) is 7.74. The van der Waals surface area contributed by atoms with Crippen LogP contribution in [-0.2, 0) is 11.2 Å². The molecule has 7 nitrogen and oxygen atoms in total. The number of hydrogen-bond donors (Lipinski definition) is 1. The molecule has 0 saturated heterocycles. The topological polar surface area (TPSA) is 95.2 Å². The molecule has 0 saturated carbocycles. The number of benzene rings is 3. The predicted molar refractivity (Wildman–Crippen MR) is 125 cm³/mol. The molecule has 0 spiro atoms. The molecule has 0 atom stereocenters. The number of ketones is 1. The first kappa shape index (κ1) is 21.3. The molecule has 2 heterocycles. The lowest BCUT2D eigenvalue weighted by Crippen LogP contribution is -2.01. The highest BCUT2D eigenvalue weighted by molar-refractivity contribution is 6.18. The maximum absolute atomic E-state index is 13.1. The number of ether oxygens (including phenoxy) is 3. The summed E-state index contributed by atoms with van der Waals surface area (Å²) in [4.78, 5) is 24.8. The number of furan rings is 1. The summed E-state index contributed by atoms with van der Waals surface area (Å²) in [5.74, 6) is 0.950. The standard InChI is InChI=1S/C27H20O7/c1-31-17-7-3-15(4-8-17)13-22-25(30)19-11-12-21-24(27(19)34-22)20(14-23(28)29)26(33-21)16-5-9-18(32-2)10-6-16/h3-13H,14H2,1-2H3,(H,28,29). The lowest BCUT2D eigenvalue weighted by Gasteiger charge is -2.05. The van der Waals surface area contributed by atoms with Crippen LogP contribution in [-0.4, -0.2) is 31.1 Å². The van der Waals surface area contributed by atoms with E-state index in [9.17, 15) is 14.7 Å². The van der Waals surface area contributed by atoms with E-state index in [1.165, 1.54) is 0 Å². The average Bonchev–Trinajstić information content (AvgIpc) is 3.37. The average molecular weight is 456 g/mol. The van der Waals surface area contributed by atoms with E-state index in [4.69, 9.17) is 18.6 Å². The molecule has 5 rings (SSSR count). The van der Waals surface area contributed by atoms with Gasteiger partial charge in [0.15, 0.2) is 5.76 Å². The van der Waals surface area contributed by atoms with E-state index in [-0.39, 0.29) is 18.0 Å². The Morgan fingerprint density at radius 1 is 0.941 bits per heavy atom. The predicted octanol–water partition coefficient (Wildman–Crippen LogP) is 5.36. The molecule has 1 aliphatic heterocycles. The molecule has 34 heavy (non-hydrogen) atoms. The minimum Gasteiger partial charge on any atom is -0.497 e. The number of hydrogen-bond acceptors (Lipinski definition) is 6. The summed E-state index contributed by atoms with van der Waals surface area (Å²) >= 11 is 0. The van der Waals surface area contributed by atoms with Crippen LogP contribution in [0.3, 0.4) is 0 Å². The molecule has 4 aromatic rings. The number of carbonyl (C=O) groups excluding carboxylic acids is 1. The summed E-state index contributed by atoms with van der Waals surface area (Å²) in [6.45, 7) is 0. The first-order chi connectivity index (χ1) is 16.5. The monoisotopic (exact) mass is 456 g/mol. The van der Waals surface area contributed by atoms with Crippen LogP contribution < -0.4 is 14.2 Å². The number of methoxy groups -OCH3 is 2. The number of Topliss-reactive ketones (excluding diaryl/α,β-unsaturated/α-hetero) is 1. The maximum atomic E-state index is 13.1. The van der Waals surface area contributed by atoms with Gasteiger partial charge in [0.2, 0.25) is 5.78 Å². The van der Waals surface area contributed by atoms with Gasteiger partial charge in [0.05, 0.1) is 31.6 Å². The fraction of sp³-hybridized carbons (Fsp3) is 0.111. The quantitative estimate of drug-likeness (QED) is 0.390. The van der Waals surface area contributed by atoms with Gasteiger partial charge < -0.3 is 23.7 Å². The third-order valence-corrected chi connectivity index (χ3v) is 5.68. The van der Waals surface area contributed by atoms with Gasteiger partial charge >= 0.3 is 5.97 Å². The molecule has 1 aliphatic rings. The van der Waals surface area contributed by atoms with Crippen LogP contribution >= 0.6 is 0 Å². The van der Waals surface area contributed by atoms with E-state index >= 15 is 0 Å². The van der Waals surface area contributed by atoms with Crippen molar-refractivity contribution in [2.24, 2.45) is 0 Å². The third kappa shape index (κ3) is 3.67. The number of carboxylic acids is 1. The van der Waals surface area contributed by atoms with E-state index in [2.05, 4.69) is 0 Å². The van der Waals surface area contributed by atoms with Crippen molar-refractivity contribution in [3.05, 3.63) is 83.1 Å². The van der Waals surface area contributed by atoms with Gasteiger partial charge in [-0.1, -0.05) is 12.1 Å². The van der Waals surface area contributed by atoms with Gasteiger partial charge in [0.25, 0.3) is 0 Å². The minimum absolute atomic E-state index is 0.154. The minimum atomic E-state index is -1.02. The number of carbonyl (C=O) groups is 2. The van der Waals surface area contributed by atoms with Gasteiger partial charge in [-0.05, 0) is 60.2 Å². The van der Waals surface area contributed by atoms with Crippen molar-refractivity contribution >= 4 is 28.8 Å². The maximum Gasteiger partial charge on any atom is 0.307 e. The van der Waals surface area contributed by atoms with Crippen molar-refractivity contribution < 1.29 is 33.3 Å². The molecule has 170 valence electrons. The highest BCUT2D eigenvalue weighted by Crippen LogP contribution is 2.45. The molecule has 0 radical (unpaired) electrons. The lowest BCUT2D eigenvalue weighted by atomic mass is 10.00. The Labute approximate surface area is 194 Å². The largest absolute Gasteiger partial charge is 0.497 e. The number of allylic oxidation sites excluding steroid dienone is 1. The summed E-state index contributed by atoms with van der Waals surface area (Å²) in [5, 5.41) is 10.1. The Morgan fingerprint density at radius 3 is 2.21 bits per heavy atom. The van der Waals surface area contributed by atoms with Crippen LogP contribution in [0.1, 0.15) is 21.5 Å². The van der Waals surface area contributed by atoms with E-state index < -0.39 is 5.97 Å². The van der Waals surface area contributed by atoms with Gasteiger partial charge in [-0.2, -0.15) is 0 Å². The molecule has 1 aromatic heterocycles. The first-order valence-electron chi connectivity index (χ1n) is 10.5. The van der Waals surface area contributed by atoms with E-state index in [0.29, 0.717) is 50.7 Å². The van der Waals surface area contributed by atoms with E-state index in [1.54, 1.807) is 68.8 Å². The molecule has 0 bridgehead atoms. The molecular formula is C27H20O7. The molecule has 0 fully saturated rings. The number of rotatable bonds is 6. The lowest BCUT2D eigenvalue weighted by molar-refractivity contribution is -0.136. The molecule has 1 N–H and O–H groups in total. The second-order valence-corrected chi connectivity index (χ2v) is 7.74. The Bertz CT molecular complexity index is 1440. The van der Waals surface area contributed by atoms with Gasteiger partial charge in [0, 0.05) is 11.1 Å². The van der Waals surface area contributed by atoms with Gasteiger partial charge in [-0.25, -0.2) is 0 Å². The van der Waals surface area contributed by atoms with Crippen molar-refractivity contribution in [2.75, 3.05) is 14.2 Å². The molecule has 3 aromatic carbocycles. The highest BCUT2D eigenvalue weighted by atomic mass is 16.5. The van der Waals surface area contributed by atoms with Gasteiger partial charge in [-0.3, -0.25) is 9.59 Å². The van der Waals surface area contributed by atoms with Crippen molar-refractivity contribution in [1.29, 1.82) is 0 Å². The fourth-order valence-electron chi connectivity index (χ4n) is 4.04. The van der Waals surface area contributed by atoms with Crippen LogP contribution in [0.2, 0.25) is 0 Å². The highest BCUT2D eigenvalue weighted by Gasteiger charge is 2.33. The summed E-state index contributed by atoms with van der Waals surface area (Å²) in [6.07, 6.45) is 1.36. The van der Waals surface area contributed by atoms with Crippen LogP contribution in [0, 0.1) is 0 Å². The first-order valence-corrected chi connectivity index (χ1v) is 10.5. The van der Waals surface area contributed by atoms with Crippen LogP contribution in [0.5, 0.6) is 17.2 Å². The summed E-state index contributed by atoms with van der Waals surface area (Å²) < 4.78 is 22.5. The van der Waals surface area contributed by atoms with Gasteiger partial charge in [-0.15, -0.1) is 0 Å². The van der Waals surface area contributed by atoms with Crippen LogP contribution in [0.25, 0.3) is 28.4 Å². The fourth-order valence-corrected chi connectivity index (χ4v) is 4.04. The zero-order chi connectivity index (χ0) is 23.8. The van der Waals surface area contributed by atoms with E-state index in [1.807, 2.05) is 12.1 Å². The summed E-state index contributed by atoms with van der Waals surface area (Å²) in [5.41, 5.74) is 2.72. The van der Waals surface area contributed by atoms with Gasteiger partial charge in [0.1, 0.15) is 28.6 Å². The smallest absolute Gasteiger partial charge is 0.307 e. The zero-order valence-corrected chi connectivity index (χ0v) is 18.5.